The van der Waals surface area contributed by atoms with Gasteiger partial charge in [0.15, 0.2) is 0 Å². The highest BCUT2D eigenvalue weighted by atomic mass is 16.3. The molecule has 0 atom stereocenters. The number of carbonyl (C=O) groups is 1. The number of piperazine rings is 1. The van der Waals surface area contributed by atoms with Crippen LogP contribution in [0.3, 0.4) is 0 Å². The number of rotatable bonds is 3. The first-order valence-corrected chi connectivity index (χ1v) is 6.35. The SMILES string of the molecule is CC(=O)N1CCN(Cc2ccc(CO)cc2)CC1. The Morgan fingerprint density at radius 3 is 2.17 bits per heavy atom. The topological polar surface area (TPSA) is 43.8 Å². The Bertz CT molecular complexity index is 395. The van der Waals surface area contributed by atoms with Gasteiger partial charge < -0.3 is 10.0 Å². The molecule has 1 amide bonds. The van der Waals surface area contributed by atoms with E-state index in [1.807, 2.05) is 17.0 Å². The zero-order valence-electron chi connectivity index (χ0n) is 10.8. The van der Waals surface area contributed by atoms with E-state index in [2.05, 4.69) is 17.0 Å². The highest BCUT2D eigenvalue weighted by molar-refractivity contribution is 5.73. The summed E-state index contributed by atoms with van der Waals surface area (Å²) in [6, 6.07) is 8.04. The van der Waals surface area contributed by atoms with Crippen LogP contribution in [0, 0.1) is 0 Å². The third kappa shape index (κ3) is 3.31. The highest BCUT2D eigenvalue weighted by Crippen LogP contribution is 2.10. The first-order valence-electron chi connectivity index (χ1n) is 6.35. The monoisotopic (exact) mass is 248 g/mol. The number of carbonyl (C=O) groups excluding carboxylic acids is 1. The molecule has 1 aromatic rings. The van der Waals surface area contributed by atoms with Gasteiger partial charge in [0.2, 0.25) is 5.91 Å². The number of aliphatic hydroxyl groups excluding tert-OH is 1. The maximum Gasteiger partial charge on any atom is 0.219 e. The third-order valence-electron chi connectivity index (χ3n) is 3.43. The lowest BCUT2D eigenvalue weighted by Crippen LogP contribution is -2.47. The third-order valence-corrected chi connectivity index (χ3v) is 3.43. The van der Waals surface area contributed by atoms with Gasteiger partial charge in [-0.3, -0.25) is 9.69 Å². The largest absolute Gasteiger partial charge is 0.392 e. The molecule has 0 aromatic heterocycles. The van der Waals surface area contributed by atoms with E-state index >= 15 is 0 Å². The minimum absolute atomic E-state index is 0.0948. The van der Waals surface area contributed by atoms with Gasteiger partial charge in [-0.15, -0.1) is 0 Å². The highest BCUT2D eigenvalue weighted by Gasteiger charge is 2.18. The van der Waals surface area contributed by atoms with E-state index < -0.39 is 0 Å². The van der Waals surface area contributed by atoms with Gasteiger partial charge >= 0.3 is 0 Å². The van der Waals surface area contributed by atoms with Gasteiger partial charge in [0.25, 0.3) is 0 Å². The summed E-state index contributed by atoms with van der Waals surface area (Å²) < 4.78 is 0. The smallest absolute Gasteiger partial charge is 0.219 e. The van der Waals surface area contributed by atoms with Gasteiger partial charge in [-0.05, 0) is 11.1 Å². The molecule has 1 aromatic carbocycles. The zero-order valence-corrected chi connectivity index (χ0v) is 10.8. The van der Waals surface area contributed by atoms with Crippen LogP contribution in [0.5, 0.6) is 0 Å². The van der Waals surface area contributed by atoms with E-state index in [0.29, 0.717) is 0 Å². The van der Waals surface area contributed by atoms with Crippen LogP contribution in [0.15, 0.2) is 24.3 Å². The van der Waals surface area contributed by atoms with E-state index in [9.17, 15) is 4.79 Å². The van der Waals surface area contributed by atoms with Gasteiger partial charge in [0.05, 0.1) is 6.61 Å². The molecular weight excluding hydrogens is 228 g/mol. The zero-order chi connectivity index (χ0) is 13.0. The fourth-order valence-electron chi connectivity index (χ4n) is 2.23. The summed E-state index contributed by atoms with van der Waals surface area (Å²) >= 11 is 0. The van der Waals surface area contributed by atoms with Gasteiger partial charge in [0.1, 0.15) is 0 Å². The van der Waals surface area contributed by atoms with Crippen LogP contribution in [0.1, 0.15) is 18.1 Å². The van der Waals surface area contributed by atoms with Crippen molar-refractivity contribution in [1.82, 2.24) is 9.80 Å². The van der Waals surface area contributed by atoms with Crippen LogP contribution in [0.25, 0.3) is 0 Å². The Labute approximate surface area is 108 Å². The van der Waals surface area contributed by atoms with Crippen LogP contribution in [-0.2, 0) is 17.9 Å². The molecule has 1 aliphatic heterocycles. The molecule has 1 N–H and O–H groups in total. The maximum absolute atomic E-state index is 11.2. The van der Waals surface area contributed by atoms with Gasteiger partial charge in [0, 0.05) is 39.6 Å². The first kappa shape index (κ1) is 13.1. The molecule has 1 heterocycles. The maximum atomic E-state index is 11.2. The average Bonchev–Trinajstić information content (AvgIpc) is 2.40. The van der Waals surface area contributed by atoms with Crippen molar-refractivity contribution in [2.75, 3.05) is 26.2 Å². The predicted octanol–water partition coefficient (Wildman–Crippen LogP) is 0.843. The molecule has 98 valence electrons. The van der Waals surface area contributed by atoms with Gasteiger partial charge in [-0.1, -0.05) is 24.3 Å². The second kappa shape index (κ2) is 5.98. The van der Waals surface area contributed by atoms with Crippen molar-refractivity contribution in [3.63, 3.8) is 0 Å². The van der Waals surface area contributed by atoms with Crippen LogP contribution >= 0.6 is 0 Å². The first-order chi connectivity index (χ1) is 8.69. The molecule has 4 heteroatoms. The van der Waals surface area contributed by atoms with Crippen molar-refractivity contribution in [2.45, 2.75) is 20.1 Å². The summed E-state index contributed by atoms with van der Waals surface area (Å²) in [5, 5.41) is 8.98. The van der Waals surface area contributed by atoms with Crippen molar-refractivity contribution >= 4 is 5.91 Å². The van der Waals surface area contributed by atoms with Crippen LogP contribution < -0.4 is 0 Å². The number of aliphatic hydroxyl groups is 1. The van der Waals surface area contributed by atoms with E-state index in [0.717, 1.165) is 38.3 Å². The number of nitrogens with zero attached hydrogens (tertiary/aromatic N) is 2. The summed E-state index contributed by atoms with van der Waals surface area (Å²) in [5.41, 5.74) is 2.20. The summed E-state index contributed by atoms with van der Waals surface area (Å²) in [4.78, 5) is 15.5. The van der Waals surface area contributed by atoms with Crippen molar-refractivity contribution in [1.29, 1.82) is 0 Å². The fraction of sp³-hybridized carbons (Fsp3) is 0.500. The Morgan fingerprint density at radius 1 is 1.11 bits per heavy atom. The van der Waals surface area contributed by atoms with Crippen molar-refractivity contribution in [3.05, 3.63) is 35.4 Å². The summed E-state index contributed by atoms with van der Waals surface area (Å²) in [7, 11) is 0. The standard InChI is InChI=1S/C14H20N2O2/c1-12(18)16-8-6-15(7-9-16)10-13-2-4-14(11-17)5-3-13/h2-5,17H,6-11H2,1H3. The van der Waals surface area contributed by atoms with E-state index in [1.54, 1.807) is 6.92 Å². The molecule has 1 fully saturated rings. The molecule has 0 spiro atoms. The number of hydrogen-bond donors (Lipinski definition) is 1. The van der Waals surface area contributed by atoms with Crippen molar-refractivity contribution < 1.29 is 9.90 Å². The quantitative estimate of drug-likeness (QED) is 0.862. The summed E-state index contributed by atoms with van der Waals surface area (Å²) in [6.07, 6.45) is 0. The van der Waals surface area contributed by atoms with E-state index in [-0.39, 0.29) is 12.5 Å². The lowest BCUT2D eigenvalue weighted by molar-refractivity contribution is -0.130. The minimum Gasteiger partial charge on any atom is -0.392 e. The second-order valence-electron chi connectivity index (χ2n) is 4.76. The molecule has 0 unspecified atom stereocenters. The molecule has 1 aliphatic rings. The normalized spacial score (nSPS) is 16.9. The van der Waals surface area contributed by atoms with Crippen LogP contribution in [0.2, 0.25) is 0 Å². The minimum atomic E-state index is 0.0948. The average molecular weight is 248 g/mol. The fourth-order valence-corrected chi connectivity index (χ4v) is 2.23. The number of amides is 1. The molecule has 2 rings (SSSR count). The van der Waals surface area contributed by atoms with E-state index in [4.69, 9.17) is 5.11 Å². The van der Waals surface area contributed by atoms with E-state index in [1.165, 1.54) is 5.56 Å². The van der Waals surface area contributed by atoms with Crippen LogP contribution in [0.4, 0.5) is 0 Å². The molecule has 0 aliphatic carbocycles. The Morgan fingerprint density at radius 2 is 1.67 bits per heavy atom. The van der Waals surface area contributed by atoms with Crippen molar-refractivity contribution in [2.24, 2.45) is 0 Å². The Hall–Kier alpha value is -1.39. The molecule has 0 bridgehead atoms. The molecular formula is C14H20N2O2. The second-order valence-corrected chi connectivity index (χ2v) is 4.76. The molecule has 1 saturated heterocycles. The number of benzene rings is 1. The predicted molar refractivity (Wildman–Crippen MR) is 69.9 cm³/mol. The van der Waals surface area contributed by atoms with Crippen molar-refractivity contribution in [3.8, 4) is 0 Å². The lowest BCUT2D eigenvalue weighted by Gasteiger charge is -2.34. The molecule has 4 nitrogen and oxygen atoms in total. The number of hydrogen-bond acceptors (Lipinski definition) is 3. The van der Waals surface area contributed by atoms with Gasteiger partial charge in [-0.2, -0.15) is 0 Å². The molecule has 18 heavy (non-hydrogen) atoms. The summed E-state index contributed by atoms with van der Waals surface area (Å²) in [5.74, 6) is 0.168. The molecule has 0 radical (unpaired) electrons. The lowest BCUT2D eigenvalue weighted by atomic mass is 10.1. The Kier molecular flexibility index (Phi) is 4.33. The van der Waals surface area contributed by atoms with Gasteiger partial charge in [-0.25, -0.2) is 0 Å². The molecule has 0 saturated carbocycles. The summed E-state index contributed by atoms with van der Waals surface area (Å²) in [6.45, 7) is 6.15. The Balaban J connectivity index is 1.85. The van der Waals surface area contributed by atoms with Crippen LogP contribution in [-0.4, -0.2) is 47.0 Å².